The lowest BCUT2D eigenvalue weighted by Gasteiger charge is -2.12. The van der Waals surface area contributed by atoms with Crippen LogP contribution in [0.2, 0.25) is 0 Å². The van der Waals surface area contributed by atoms with Gasteiger partial charge in [0.05, 0.1) is 13.0 Å². The molecule has 0 aliphatic heterocycles. The Bertz CT molecular complexity index is 405. The van der Waals surface area contributed by atoms with Crippen LogP contribution < -0.4 is 5.32 Å². The molecule has 0 bridgehead atoms. The summed E-state index contributed by atoms with van der Waals surface area (Å²) in [5.41, 5.74) is 1.47. The highest BCUT2D eigenvalue weighted by atomic mass is 16.5. The van der Waals surface area contributed by atoms with Crippen LogP contribution in [-0.4, -0.2) is 25.7 Å². The van der Waals surface area contributed by atoms with E-state index in [1.807, 2.05) is 6.92 Å². The van der Waals surface area contributed by atoms with Crippen molar-refractivity contribution in [2.75, 3.05) is 19.7 Å². The number of nitrogens with one attached hydrogen (secondary N) is 1. The number of esters is 1. The lowest BCUT2D eigenvalue weighted by atomic mass is 9.96. The van der Waals surface area contributed by atoms with Crippen molar-refractivity contribution in [2.45, 2.75) is 38.5 Å². The molecule has 3 nitrogen and oxygen atoms in total. The van der Waals surface area contributed by atoms with E-state index in [4.69, 9.17) is 4.74 Å². The fraction of sp³-hybridized carbons (Fsp3) is 0.588. The summed E-state index contributed by atoms with van der Waals surface area (Å²) in [7, 11) is 0. The van der Waals surface area contributed by atoms with Crippen molar-refractivity contribution in [1.29, 1.82) is 0 Å². The lowest BCUT2D eigenvalue weighted by molar-refractivity contribution is -0.142. The maximum Gasteiger partial charge on any atom is 0.307 e. The Kier molecular flexibility index (Phi) is 6.06. The van der Waals surface area contributed by atoms with E-state index in [1.54, 1.807) is 0 Å². The molecule has 110 valence electrons. The first-order valence-corrected chi connectivity index (χ1v) is 7.71. The molecule has 2 atom stereocenters. The fourth-order valence-corrected chi connectivity index (χ4v) is 3.02. The summed E-state index contributed by atoms with van der Waals surface area (Å²) in [6, 6.07) is 10.8. The van der Waals surface area contributed by atoms with Gasteiger partial charge in [-0.15, -0.1) is 0 Å². The molecule has 2 rings (SSSR count). The molecule has 1 aromatic rings. The molecule has 1 saturated carbocycles. The molecular weight excluding hydrogens is 250 g/mol. The molecule has 0 aromatic heterocycles. The first-order chi connectivity index (χ1) is 9.79. The van der Waals surface area contributed by atoms with E-state index >= 15 is 0 Å². The Morgan fingerprint density at radius 2 is 2.10 bits per heavy atom. The van der Waals surface area contributed by atoms with Crippen LogP contribution in [0.3, 0.4) is 0 Å². The molecule has 3 heteroatoms. The zero-order valence-electron chi connectivity index (χ0n) is 12.3. The van der Waals surface area contributed by atoms with E-state index in [-0.39, 0.29) is 5.97 Å². The highest BCUT2D eigenvalue weighted by Crippen LogP contribution is 2.37. The zero-order valence-corrected chi connectivity index (χ0v) is 12.3. The first-order valence-electron chi connectivity index (χ1n) is 7.71. The summed E-state index contributed by atoms with van der Waals surface area (Å²) < 4.78 is 4.91. The van der Waals surface area contributed by atoms with Gasteiger partial charge in [-0.3, -0.25) is 4.79 Å². The minimum Gasteiger partial charge on any atom is -0.466 e. The van der Waals surface area contributed by atoms with E-state index < -0.39 is 0 Å². The molecule has 0 spiro atoms. The van der Waals surface area contributed by atoms with E-state index in [0.717, 1.165) is 19.0 Å². The van der Waals surface area contributed by atoms with Crippen LogP contribution in [0.5, 0.6) is 0 Å². The van der Waals surface area contributed by atoms with Crippen molar-refractivity contribution in [3.63, 3.8) is 0 Å². The lowest BCUT2D eigenvalue weighted by Crippen LogP contribution is -2.24. The largest absolute Gasteiger partial charge is 0.466 e. The molecule has 20 heavy (non-hydrogen) atoms. The van der Waals surface area contributed by atoms with Crippen molar-refractivity contribution >= 4 is 5.97 Å². The monoisotopic (exact) mass is 275 g/mol. The number of hydrogen-bond acceptors (Lipinski definition) is 3. The fourth-order valence-electron chi connectivity index (χ4n) is 3.02. The minimum atomic E-state index is -0.103. The van der Waals surface area contributed by atoms with Crippen molar-refractivity contribution in [2.24, 2.45) is 5.92 Å². The standard InChI is InChI=1S/C17H25NO2/c1-2-20-17(19)10-11-18-13-14-8-9-16(12-14)15-6-4-3-5-7-15/h3-7,14,16,18H,2,8-13H2,1H3. The predicted molar refractivity (Wildman–Crippen MR) is 80.6 cm³/mol. The van der Waals surface area contributed by atoms with Crippen LogP contribution in [0.15, 0.2) is 30.3 Å². The van der Waals surface area contributed by atoms with Crippen molar-refractivity contribution in [1.82, 2.24) is 5.32 Å². The summed E-state index contributed by atoms with van der Waals surface area (Å²) in [5, 5.41) is 3.39. The van der Waals surface area contributed by atoms with Crippen molar-refractivity contribution < 1.29 is 9.53 Å². The van der Waals surface area contributed by atoms with Crippen molar-refractivity contribution in [3.05, 3.63) is 35.9 Å². The molecule has 0 heterocycles. The maximum atomic E-state index is 11.2. The van der Waals surface area contributed by atoms with Gasteiger partial charge < -0.3 is 10.1 Å². The Hall–Kier alpha value is -1.35. The molecule has 0 saturated heterocycles. The highest BCUT2D eigenvalue weighted by molar-refractivity contribution is 5.69. The van der Waals surface area contributed by atoms with Gasteiger partial charge in [-0.1, -0.05) is 30.3 Å². The third kappa shape index (κ3) is 4.64. The van der Waals surface area contributed by atoms with Gasteiger partial charge in [0.15, 0.2) is 0 Å². The first kappa shape index (κ1) is 15.0. The van der Waals surface area contributed by atoms with Gasteiger partial charge >= 0.3 is 5.97 Å². The smallest absolute Gasteiger partial charge is 0.307 e. The van der Waals surface area contributed by atoms with Crippen LogP contribution in [0.4, 0.5) is 0 Å². The SMILES string of the molecule is CCOC(=O)CCNCC1CCC(c2ccccc2)C1. The molecule has 1 aliphatic rings. The molecule has 1 aliphatic carbocycles. The molecular formula is C17H25NO2. The van der Waals surface area contributed by atoms with Gasteiger partial charge in [0.1, 0.15) is 0 Å². The quantitative estimate of drug-likeness (QED) is 0.614. The van der Waals surface area contributed by atoms with Crippen LogP contribution in [0.25, 0.3) is 0 Å². The normalized spacial score (nSPS) is 21.9. The van der Waals surface area contributed by atoms with Crippen LogP contribution in [-0.2, 0) is 9.53 Å². The van der Waals surface area contributed by atoms with Gasteiger partial charge in [0, 0.05) is 6.54 Å². The van der Waals surface area contributed by atoms with Gasteiger partial charge in [-0.25, -0.2) is 0 Å². The predicted octanol–water partition coefficient (Wildman–Crippen LogP) is 3.11. The maximum absolute atomic E-state index is 11.2. The second-order valence-electron chi connectivity index (χ2n) is 5.55. The summed E-state index contributed by atoms with van der Waals surface area (Å²) in [6.45, 7) is 4.06. The van der Waals surface area contributed by atoms with Crippen molar-refractivity contribution in [3.8, 4) is 0 Å². The van der Waals surface area contributed by atoms with Crippen LogP contribution >= 0.6 is 0 Å². The second-order valence-corrected chi connectivity index (χ2v) is 5.55. The summed E-state index contributed by atoms with van der Waals surface area (Å²) >= 11 is 0. The Morgan fingerprint density at radius 1 is 1.30 bits per heavy atom. The van der Waals surface area contributed by atoms with Crippen LogP contribution in [0, 0.1) is 5.92 Å². The van der Waals surface area contributed by atoms with E-state index in [0.29, 0.717) is 18.9 Å². The minimum absolute atomic E-state index is 0.103. The topological polar surface area (TPSA) is 38.3 Å². The summed E-state index contributed by atoms with van der Waals surface area (Å²) in [5.74, 6) is 1.35. The molecule has 2 unspecified atom stereocenters. The number of hydrogen-bond donors (Lipinski definition) is 1. The highest BCUT2D eigenvalue weighted by Gasteiger charge is 2.25. The zero-order chi connectivity index (χ0) is 14.2. The summed E-state index contributed by atoms with van der Waals surface area (Å²) in [6.07, 6.45) is 4.30. The molecule has 0 radical (unpaired) electrons. The van der Waals surface area contributed by atoms with E-state index in [2.05, 4.69) is 35.6 Å². The molecule has 1 aromatic carbocycles. The third-order valence-electron chi connectivity index (χ3n) is 4.06. The molecule has 0 amide bonds. The Labute approximate surface area is 121 Å². The number of carbonyl (C=O) groups excluding carboxylic acids is 1. The van der Waals surface area contributed by atoms with E-state index in [9.17, 15) is 4.79 Å². The average Bonchev–Trinajstić information content (AvgIpc) is 2.94. The average molecular weight is 275 g/mol. The Morgan fingerprint density at radius 3 is 2.85 bits per heavy atom. The van der Waals surface area contributed by atoms with Gasteiger partial charge in [0.25, 0.3) is 0 Å². The van der Waals surface area contributed by atoms with Gasteiger partial charge in [0.2, 0.25) is 0 Å². The van der Waals surface area contributed by atoms with E-state index in [1.165, 1.54) is 24.8 Å². The van der Waals surface area contributed by atoms with Gasteiger partial charge in [-0.05, 0) is 50.1 Å². The molecule has 1 N–H and O–H groups in total. The Balaban J connectivity index is 1.63. The second kappa shape index (κ2) is 8.05. The number of benzene rings is 1. The number of rotatable bonds is 7. The van der Waals surface area contributed by atoms with Crippen LogP contribution in [0.1, 0.15) is 44.1 Å². The van der Waals surface area contributed by atoms with Gasteiger partial charge in [-0.2, -0.15) is 0 Å². The molecule has 1 fully saturated rings. The number of carbonyl (C=O) groups is 1. The third-order valence-corrected chi connectivity index (χ3v) is 4.06. The number of ether oxygens (including phenoxy) is 1. The summed E-state index contributed by atoms with van der Waals surface area (Å²) in [4.78, 5) is 11.2.